The van der Waals surface area contributed by atoms with Crippen molar-refractivity contribution in [2.24, 2.45) is 17.6 Å². The van der Waals surface area contributed by atoms with Crippen LogP contribution in [-0.4, -0.2) is 29.2 Å². The van der Waals surface area contributed by atoms with Crippen molar-refractivity contribution >= 4 is 32.8 Å². The van der Waals surface area contributed by atoms with Gasteiger partial charge in [-0.1, -0.05) is 12.5 Å². The molecule has 0 aliphatic heterocycles. The molecule has 124 valence electrons. The maximum absolute atomic E-state index is 12.9. The summed E-state index contributed by atoms with van der Waals surface area (Å²) in [6, 6.07) is 5.31. The van der Waals surface area contributed by atoms with Crippen molar-refractivity contribution in [1.82, 2.24) is 13.5 Å². The van der Waals surface area contributed by atoms with Crippen molar-refractivity contribution < 1.29 is 8.42 Å². The Morgan fingerprint density at radius 1 is 1.17 bits per heavy atom. The summed E-state index contributed by atoms with van der Waals surface area (Å²) in [7, 11) is -3.60. The van der Waals surface area contributed by atoms with Crippen molar-refractivity contribution in [3.8, 4) is 0 Å². The summed E-state index contributed by atoms with van der Waals surface area (Å²) in [6.45, 7) is 0. The van der Waals surface area contributed by atoms with Crippen molar-refractivity contribution in [2.75, 3.05) is 0 Å². The molecule has 0 spiro atoms. The van der Waals surface area contributed by atoms with E-state index >= 15 is 0 Å². The number of hydrogen-bond donors (Lipinski definition) is 2. The van der Waals surface area contributed by atoms with Crippen LogP contribution in [0.3, 0.4) is 0 Å². The van der Waals surface area contributed by atoms with Crippen LogP contribution in [0.4, 0.5) is 0 Å². The number of nitrogens with one attached hydrogen (secondary N) is 1. The van der Waals surface area contributed by atoms with Gasteiger partial charge in [-0.25, -0.2) is 13.1 Å². The van der Waals surface area contributed by atoms with Gasteiger partial charge < -0.3 is 5.73 Å². The second kappa shape index (κ2) is 5.77. The van der Waals surface area contributed by atoms with E-state index in [1.165, 1.54) is 6.42 Å². The number of fused-ring (bicyclic) bond motifs is 3. The van der Waals surface area contributed by atoms with Gasteiger partial charge in [0.2, 0.25) is 10.0 Å². The molecule has 3 N–H and O–H groups in total. The Labute approximate surface area is 139 Å². The Hall–Kier alpha value is -1.09. The lowest BCUT2D eigenvalue weighted by molar-refractivity contribution is 0.125. The van der Waals surface area contributed by atoms with Gasteiger partial charge in [-0.2, -0.15) is 8.75 Å². The Bertz CT molecular complexity index is 806. The van der Waals surface area contributed by atoms with Crippen LogP contribution in [0.5, 0.6) is 0 Å². The standard InChI is InChI=1S/C15H20N4O2S2/c16-11-7-9-3-1-4-10(8-11)14(9)19-23(20,21)13-6-2-5-12-15(13)18-22-17-12/h2,5-6,9-11,14,19H,1,3-4,7-8,16H2. The van der Waals surface area contributed by atoms with E-state index in [9.17, 15) is 8.42 Å². The summed E-state index contributed by atoms with van der Waals surface area (Å²) in [5.41, 5.74) is 7.22. The summed E-state index contributed by atoms with van der Waals surface area (Å²) in [5, 5.41) is 0. The zero-order chi connectivity index (χ0) is 16.0. The average Bonchev–Trinajstić information content (AvgIpc) is 2.96. The van der Waals surface area contributed by atoms with E-state index in [-0.39, 0.29) is 17.0 Å². The van der Waals surface area contributed by atoms with Crippen molar-refractivity contribution in [1.29, 1.82) is 0 Å². The van der Waals surface area contributed by atoms with Crippen LogP contribution in [-0.2, 0) is 10.0 Å². The van der Waals surface area contributed by atoms with E-state index in [0.717, 1.165) is 37.4 Å². The van der Waals surface area contributed by atoms with Crippen LogP contribution in [0.15, 0.2) is 23.1 Å². The minimum Gasteiger partial charge on any atom is -0.328 e. The topological polar surface area (TPSA) is 98.0 Å². The zero-order valence-corrected chi connectivity index (χ0v) is 14.3. The van der Waals surface area contributed by atoms with Crippen LogP contribution < -0.4 is 10.5 Å². The molecule has 2 unspecified atom stereocenters. The quantitative estimate of drug-likeness (QED) is 0.879. The van der Waals surface area contributed by atoms with Crippen LogP contribution >= 0.6 is 11.7 Å². The first-order chi connectivity index (χ1) is 11.0. The van der Waals surface area contributed by atoms with Crippen molar-refractivity contribution in [3.63, 3.8) is 0 Å². The first kappa shape index (κ1) is 15.4. The van der Waals surface area contributed by atoms with Gasteiger partial charge in [0.05, 0.1) is 11.7 Å². The van der Waals surface area contributed by atoms with Gasteiger partial charge >= 0.3 is 0 Å². The molecule has 1 aromatic carbocycles. The van der Waals surface area contributed by atoms with E-state index in [0.29, 0.717) is 22.9 Å². The maximum Gasteiger partial charge on any atom is 0.243 e. The van der Waals surface area contributed by atoms with Gasteiger partial charge in [0.15, 0.2) is 0 Å². The minimum absolute atomic E-state index is 0.00426. The van der Waals surface area contributed by atoms with Gasteiger partial charge in [0.25, 0.3) is 0 Å². The number of nitrogens with two attached hydrogens (primary N) is 1. The van der Waals surface area contributed by atoms with Gasteiger partial charge in [-0.15, -0.1) is 0 Å². The SMILES string of the molecule is NC1CC2CCCC(C1)C2NS(=O)(=O)c1cccc2nsnc12. The van der Waals surface area contributed by atoms with E-state index in [2.05, 4.69) is 13.5 Å². The number of benzene rings is 1. The van der Waals surface area contributed by atoms with Crippen LogP contribution in [0, 0.1) is 11.8 Å². The molecule has 1 heterocycles. The number of hydrogen-bond acceptors (Lipinski definition) is 6. The molecule has 2 aliphatic carbocycles. The summed E-state index contributed by atoms with van der Waals surface area (Å²) >= 11 is 1.04. The van der Waals surface area contributed by atoms with Gasteiger partial charge in [-0.05, 0) is 49.7 Å². The molecule has 2 bridgehead atoms. The summed E-state index contributed by atoms with van der Waals surface area (Å²) in [6.07, 6.45) is 5.10. The second-order valence-corrected chi connectivity index (χ2v) is 8.93. The lowest BCUT2D eigenvalue weighted by atomic mass is 9.67. The number of nitrogens with zero attached hydrogens (tertiary/aromatic N) is 2. The number of aromatic nitrogens is 2. The molecule has 8 heteroatoms. The monoisotopic (exact) mass is 352 g/mol. The molecule has 0 amide bonds. The minimum atomic E-state index is -3.60. The van der Waals surface area contributed by atoms with Crippen molar-refractivity contribution in [3.05, 3.63) is 18.2 Å². The second-order valence-electron chi connectivity index (χ2n) is 6.72. The lowest BCUT2D eigenvalue weighted by Crippen LogP contribution is -2.53. The molecule has 0 saturated heterocycles. The maximum atomic E-state index is 12.9. The van der Waals surface area contributed by atoms with Crippen LogP contribution in [0.2, 0.25) is 0 Å². The van der Waals surface area contributed by atoms with Gasteiger partial charge in [-0.3, -0.25) is 0 Å². The highest BCUT2D eigenvalue weighted by Gasteiger charge is 2.41. The summed E-state index contributed by atoms with van der Waals surface area (Å²) in [4.78, 5) is 0.233. The van der Waals surface area contributed by atoms with Gasteiger partial charge in [0, 0.05) is 12.1 Å². The normalized spacial score (nSPS) is 31.3. The Morgan fingerprint density at radius 3 is 2.65 bits per heavy atom. The Kier molecular flexibility index (Phi) is 3.87. The first-order valence-corrected chi connectivity index (χ1v) is 10.2. The van der Waals surface area contributed by atoms with E-state index in [4.69, 9.17) is 5.73 Å². The van der Waals surface area contributed by atoms with Crippen molar-refractivity contribution in [2.45, 2.75) is 49.1 Å². The third kappa shape index (κ3) is 2.77. The Balaban J connectivity index is 1.66. The van der Waals surface area contributed by atoms with E-state index < -0.39 is 10.0 Å². The smallest absolute Gasteiger partial charge is 0.243 e. The fourth-order valence-corrected chi connectivity index (χ4v) is 6.36. The third-order valence-corrected chi connectivity index (χ3v) is 7.24. The molecule has 2 fully saturated rings. The number of sulfonamides is 1. The van der Waals surface area contributed by atoms with E-state index in [1.54, 1.807) is 18.2 Å². The molecule has 2 aliphatic rings. The molecule has 1 aromatic heterocycles. The molecular weight excluding hydrogens is 332 g/mol. The average molecular weight is 352 g/mol. The Morgan fingerprint density at radius 2 is 1.91 bits per heavy atom. The molecule has 6 nitrogen and oxygen atoms in total. The zero-order valence-electron chi connectivity index (χ0n) is 12.7. The molecule has 2 saturated carbocycles. The molecule has 4 rings (SSSR count). The van der Waals surface area contributed by atoms with Gasteiger partial charge in [0.1, 0.15) is 15.9 Å². The molecule has 2 atom stereocenters. The predicted molar refractivity (Wildman–Crippen MR) is 89.6 cm³/mol. The predicted octanol–water partition coefficient (Wildman–Crippen LogP) is 1.88. The highest BCUT2D eigenvalue weighted by atomic mass is 32.2. The fraction of sp³-hybridized carbons (Fsp3) is 0.600. The summed E-state index contributed by atoms with van der Waals surface area (Å²) < 4.78 is 37.1. The largest absolute Gasteiger partial charge is 0.328 e. The summed E-state index contributed by atoms with van der Waals surface area (Å²) in [5.74, 6) is 0.695. The highest BCUT2D eigenvalue weighted by Crippen LogP contribution is 2.40. The molecule has 2 aromatic rings. The molecule has 23 heavy (non-hydrogen) atoms. The van der Waals surface area contributed by atoms with Crippen LogP contribution in [0.25, 0.3) is 11.0 Å². The fourth-order valence-electron chi connectivity index (χ4n) is 4.22. The first-order valence-electron chi connectivity index (χ1n) is 8.04. The molecule has 0 radical (unpaired) electrons. The third-order valence-electron chi connectivity index (χ3n) is 5.21. The van der Waals surface area contributed by atoms with E-state index in [1.807, 2.05) is 0 Å². The number of rotatable bonds is 3. The highest BCUT2D eigenvalue weighted by molar-refractivity contribution is 7.89. The van der Waals surface area contributed by atoms with Crippen LogP contribution in [0.1, 0.15) is 32.1 Å². The lowest BCUT2D eigenvalue weighted by Gasteiger charge is -2.44. The molecular formula is C15H20N4O2S2.